The summed E-state index contributed by atoms with van der Waals surface area (Å²) in [4.78, 5) is 1.09. The second-order valence-electron chi connectivity index (χ2n) is 6.19. The van der Waals surface area contributed by atoms with Gasteiger partial charge >= 0.3 is 0 Å². The summed E-state index contributed by atoms with van der Waals surface area (Å²) in [6.45, 7) is 2.02. The first kappa shape index (κ1) is 20.3. The Morgan fingerprint density at radius 3 is 2.26 bits per heavy atom. The van der Waals surface area contributed by atoms with E-state index < -0.39 is 9.84 Å². The molecule has 140 valence electrons. The maximum absolute atomic E-state index is 13.1. The third kappa shape index (κ3) is 5.29. The first-order valence-corrected chi connectivity index (χ1v) is 11.6. The second kappa shape index (κ2) is 8.70. The predicted molar refractivity (Wildman–Crippen MR) is 115 cm³/mol. The molecule has 1 atom stereocenters. The molecule has 0 amide bonds. The van der Waals surface area contributed by atoms with E-state index in [1.807, 2.05) is 61.5 Å². The molecule has 0 heterocycles. The van der Waals surface area contributed by atoms with Gasteiger partial charge in [0.05, 0.1) is 15.7 Å². The van der Waals surface area contributed by atoms with Crippen molar-refractivity contribution in [2.24, 2.45) is 0 Å². The molecule has 0 N–H and O–H groups in total. The molecule has 3 aromatic carbocycles. The van der Waals surface area contributed by atoms with Crippen molar-refractivity contribution >= 4 is 44.8 Å². The minimum atomic E-state index is -3.63. The molecule has 0 aliphatic carbocycles. The van der Waals surface area contributed by atoms with Crippen LogP contribution in [0.2, 0.25) is 10.0 Å². The number of benzene rings is 3. The van der Waals surface area contributed by atoms with Crippen molar-refractivity contribution in [1.82, 2.24) is 0 Å². The summed E-state index contributed by atoms with van der Waals surface area (Å²) in [5.41, 5.74) is 2.11. The van der Waals surface area contributed by atoms with Crippen LogP contribution in [0.4, 0.5) is 0 Å². The van der Waals surface area contributed by atoms with E-state index in [1.165, 1.54) is 23.9 Å². The van der Waals surface area contributed by atoms with Crippen molar-refractivity contribution in [3.63, 3.8) is 0 Å². The molecule has 0 fully saturated rings. The lowest BCUT2D eigenvalue weighted by atomic mass is 10.2. The minimum Gasteiger partial charge on any atom is -0.224 e. The number of rotatable bonds is 6. The molecule has 27 heavy (non-hydrogen) atoms. The van der Waals surface area contributed by atoms with Gasteiger partial charge in [0.15, 0.2) is 9.84 Å². The predicted octanol–water partition coefficient (Wildman–Crippen LogP) is 6.61. The molecule has 0 unspecified atom stereocenters. The maximum Gasteiger partial charge on any atom is 0.181 e. The molecule has 0 saturated heterocycles. The minimum absolute atomic E-state index is 0.0714. The van der Waals surface area contributed by atoms with E-state index in [2.05, 4.69) is 0 Å². The zero-order valence-electron chi connectivity index (χ0n) is 14.6. The van der Waals surface area contributed by atoms with Gasteiger partial charge in [0, 0.05) is 15.2 Å². The molecule has 6 heteroatoms. The molecule has 0 spiro atoms. The van der Waals surface area contributed by atoms with Gasteiger partial charge in [-0.05, 0) is 42.8 Å². The largest absolute Gasteiger partial charge is 0.224 e. The second-order valence-corrected chi connectivity index (χ2v) is 10.3. The maximum atomic E-state index is 13.1. The molecule has 2 nitrogen and oxygen atoms in total. The summed E-state index contributed by atoms with van der Waals surface area (Å²) in [6, 6.07) is 22.2. The lowest BCUT2D eigenvalue weighted by molar-refractivity contribution is 0.595. The van der Waals surface area contributed by atoms with E-state index in [1.54, 1.807) is 6.07 Å². The third-order valence-corrected chi connectivity index (χ3v) is 8.01. The highest BCUT2D eigenvalue weighted by Gasteiger charge is 2.26. The number of aryl methyl sites for hydroxylation is 1. The van der Waals surface area contributed by atoms with Crippen LogP contribution in [0.3, 0.4) is 0 Å². The van der Waals surface area contributed by atoms with E-state index in [-0.39, 0.29) is 20.9 Å². The van der Waals surface area contributed by atoms with Crippen LogP contribution >= 0.6 is 35.0 Å². The van der Waals surface area contributed by atoms with Gasteiger partial charge in [-0.2, -0.15) is 0 Å². The SMILES string of the molecule is Cc1ccc(S[C@@H](CS(=O)(=O)c2cc(Cl)ccc2Cl)c2ccccc2)cc1. The lowest BCUT2D eigenvalue weighted by Gasteiger charge is -2.18. The third-order valence-electron chi connectivity index (χ3n) is 4.07. The molecule has 3 rings (SSSR count). The zero-order valence-corrected chi connectivity index (χ0v) is 17.7. The first-order valence-electron chi connectivity index (χ1n) is 8.31. The highest BCUT2D eigenvalue weighted by Crippen LogP contribution is 2.38. The highest BCUT2D eigenvalue weighted by atomic mass is 35.5. The van der Waals surface area contributed by atoms with Crippen LogP contribution in [0.15, 0.2) is 82.6 Å². The van der Waals surface area contributed by atoms with Crippen LogP contribution in [-0.2, 0) is 9.84 Å². The Bertz CT molecular complexity index is 1020. The quantitative estimate of drug-likeness (QED) is 0.407. The molecule has 0 radical (unpaired) electrons. The molecule has 0 aromatic heterocycles. The van der Waals surface area contributed by atoms with E-state index in [9.17, 15) is 8.42 Å². The molecule has 0 saturated carbocycles. The molecule has 0 aliphatic heterocycles. The summed E-state index contributed by atoms with van der Waals surface area (Å²) >= 11 is 13.7. The zero-order chi connectivity index (χ0) is 19.4. The van der Waals surface area contributed by atoms with E-state index in [0.717, 1.165) is 16.0 Å². The van der Waals surface area contributed by atoms with Gasteiger partial charge in [0.1, 0.15) is 0 Å². The lowest BCUT2D eigenvalue weighted by Crippen LogP contribution is -2.13. The Labute approximate surface area is 174 Å². The van der Waals surface area contributed by atoms with Crippen molar-refractivity contribution in [2.45, 2.75) is 22.0 Å². The van der Waals surface area contributed by atoms with E-state index in [4.69, 9.17) is 23.2 Å². The number of hydrogen-bond acceptors (Lipinski definition) is 3. The molecule has 0 bridgehead atoms. The summed E-state index contributed by atoms with van der Waals surface area (Å²) < 4.78 is 26.2. The van der Waals surface area contributed by atoms with E-state index in [0.29, 0.717) is 5.02 Å². The highest BCUT2D eigenvalue weighted by molar-refractivity contribution is 8.01. The molecular weight excluding hydrogens is 419 g/mol. The van der Waals surface area contributed by atoms with Crippen LogP contribution in [-0.4, -0.2) is 14.2 Å². The van der Waals surface area contributed by atoms with Crippen molar-refractivity contribution in [3.05, 3.63) is 94.0 Å². The van der Waals surface area contributed by atoms with Gasteiger partial charge < -0.3 is 0 Å². The van der Waals surface area contributed by atoms with Crippen LogP contribution in [0.1, 0.15) is 16.4 Å². The molecular formula is C21H18Cl2O2S2. The average Bonchev–Trinajstić information content (AvgIpc) is 2.65. The first-order chi connectivity index (χ1) is 12.8. The Morgan fingerprint density at radius 1 is 0.926 bits per heavy atom. The monoisotopic (exact) mass is 436 g/mol. The Kier molecular flexibility index (Phi) is 6.53. The normalized spacial score (nSPS) is 12.7. The van der Waals surface area contributed by atoms with E-state index >= 15 is 0 Å². The van der Waals surface area contributed by atoms with Crippen molar-refractivity contribution in [1.29, 1.82) is 0 Å². The summed E-state index contributed by atoms with van der Waals surface area (Å²) in [6.07, 6.45) is 0. The Morgan fingerprint density at radius 2 is 1.59 bits per heavy atom. The smallest absolute Gasteiger partial charge is 0.181 e. The Hall–Kier alpha value is -1.46. The van der Waals surface area contributed by atoms with Crippen LogP contribution in [0.25, 0.3) is 0 Å². The number of thioether (sulfide) groups is 1. The standard InChI is InChI=1S/C21H18Cl2O2S2/c1-15-7-10-18(11-8-15)26-20(16-5-3-2-4-6-16)14-27(24,25)21-13-17(22)9-12-19(21)23/h2-13,20H,14H2,1H3/t20-/m0/s1. The van der Waals surface area contributed by atoms with Gasteiger partial charge in [-0.1, -0.05) is 71.2 Å². The van der Waals surface area contributed by atoms with Crippen molar-refractivity contribution in [3.8, 4) is 0 Å². The summed E-state index contributed by atoms with van der Waals surface area (Å²) in [7, 11) is -3.63. The van der Waals surface area contributed by atoms with Gasteiger partial charge in [-0.15, -0.1) is 11.8 Å². The van der Waals surface area contributed by atoms with Gasteiger partial charge in [0.25, 0.3) is 0 Å². The fourth-order valence-electron chi connectivity index (χ4n) is 2.65. The number of halogens is 2. The van der Waals surface area contributed by atoms with Crippen molar-refractivity contribution < 1.29 is 8.42 Å². The summed E-state index contributed by atoms with van der Waals surface area (Å²) in [5, 5.41) is 0.265. The number of hydrogen-bond donors (Lipinski definition) is 0. The molecule has 0 aliphatic rings. The van der Waals surface area contributed by atoms with Crippen LogP contribution < -0.4 is 0 Å². The number of sulfone groups is 1. The van der Waals surface area contributed by atoms with Gasteiger partial charge in [0.2, 0.25) is 0 Å². The van der Waals surface area contributed by atoms with Crippen molar-refractivity contribution in [2.75, 3.05) is 5.75 Å². The van der Waals surface area contributed by atoms with Crippen LogP contribution in [0.5, 0.6) is 0 Å². The van der Waals surface area contributed by atoms with Gasteiger partial charge in [-0.3, -0.25) is 0 Å². The molecule has 3 aromatic rings. The van der Waals surface area contributed by atoms with Gasteiger partial charge in [-0.25, -0.2) is 8.42 Å². The fourth-order valence-corrected chi connectivity index (χ4v) is 6.53. The van der Waals surface area contributed by atoms with Crippen LogP contribution in [0, 0.1) is 6.92 Å². The average molecular weight is 437 g/mol. The fraction of sp³-hybridized carbons (Fsp3) is 0.143. The topological polar surface area (TPSA) is 34.1 Å². The Balaban J connectivity index is 1.95. The summed E-state index contributed by atoms with van der Waals surface area (Å²) in [5.74, 6) is -0.0738.